The van der Waals surface area contributed by atoms with Crippen molar-refractivity contribution in [1.29, 1.82) is 0 Å². The predicted molar refractivity (Wildman–Crippen MR) is 72.8 cm³/mol. The molecule has 0 saturated heterocycles. The molecule has 0 bridgehead atoms. The molecule has 0 aliphatic carbocycles. The van der Waals surface area contributed by atoms with Gasteiger partial charge in [0, 0.05) is 11.8 Å². The molecule has 0 fully saturated rings. The van der Waals surface area contributed by atoms with Gasteiger partial charge in [0.1, 0.15) is 5.75 Å². The second-order valence-corrected chi connectivity index (χ2v) is 4.24. The first-order valence-corrected chi connectivity index (χ1v) is 6.00. The Bertz CT molecular complexity index is 671. The Morgan fingerprint density at radius 1 is 1.35 bits per heavy atom. The monoisotopic (exact) mass is 269 g/mol. The van der Waals surface area contributed by atoms with Crippen LogP contribution in [0.2, 0.25) is 0 Å². The molecule has 0 spiro atoms. The number of fused-ring (bicyclic) bond motifs is 1. The maximum atomic E-state index is 12.1. The maximum Gasteiger partial charge on any atom is 0.262 e. The van der Waals surface area contributed by atoms with Crippen LogP contribution in [0.1, 0.15) is 10.4 Å². The van der Waals surface area contributed by atoms with Gasteiger partial charge in [-0.1, -0.05) is 0 Å². The molecule has 1 aromatic heterocycles. The van der Waals surface area contributed by atoms with Crippen LogP contribution in [0.15, 0.2) is 42.7 Å². The van der Waals surface area contributed by atoms with Gasteiger partial charge in [0.25, 0.3) is 11.8 Å². The van der Waals surface area contributed by atoms with Gasteiger partial charge in [0.2, 0.25) is 0 Å². The summed E-state index contributed by atoms with van der Waals surface area (Å²) in [6.07, 6.45) is 3.18. The van der Waals surface area contributed by atoms with E-state index in [0.717, 1.165) is 0 Å². The highest BCUT2D eigenvalue weighted by atomic mass is 16.5. The number of carbonyl (C=O) groups is 2. The van der Waals surface area contributed by atoms with E-state index in [1.807, 2.05) is 0 Å². The molecule has 3 rings (SSSR count). The van der Waals surface area contributed by atoms with E-state index in [1.165, 1.54) is 0 Å². The number of anilines is 2. The summed E-state index contributed by atoms with van der Waals surface area (Å²) in [6, 6.07) is 8.36. The minimum atomic E-state index is -0.277. The van der Waals surface area contributed by atoms with Gasteiger partial charge in [-0.05, 0) is 30.3 Å². The SMILES string of the molecule is O=C1COc2ccc(C(=O)Nc3cccnc3)cc2N1. The first kappa shape index (κ1) is 12.2. The van der Waals surface area contributed by atoms with Crippen LogP contribution in [0.25, 0.3) is 0 Å². The number of amides is 2. The summed E-state index contributed by atoms with van der Waals surface area (Å²) in [6.45, 7) is -0.00573. The number of ether oxygens (including phenoxy) is 1. The van der Waals surface area contributed by atoms with Gasteiger partial charge in [0.05, 0.1) is 17.6 Å². The summed E-state index contributed by atoms with van der Waals surface area (Å²) in [5.74, 6) is 0.0467. The number of benzene rings is 1. The van der Waals surface area contributed by atoms with Crippen LogP contribution in [-0.4, -0.2) is 23.4 Å². The number of nitrogens with one attached hydrogen (secondary N) is 2. The van der Waals surface area contributed by atoms with E-state index < -0.39 is 0 Å². The zero-order valence-electron chi connectivity index (χ0n) is 10.4. The highest BCUT2D eigenvalue weighted by Gasteiger charge is 2.17. The third-order valence-corrected chi connectivity index (χ3v) is 2.79. The van der Waals surface area contributed by atoms with Gasteiger partial charge in [-0.3, -0.25) is 14.6 Å². The first-order valence-electron chi connectivity index (χ1n) is 6.00. The zero-order valence-corrected chi connectivity index (χ0v) is 10.4. The fourth-order valence-corrected chi connectivity index (χ4v) is 1.86. The molecule has 0 unspecified atom stereocenters. The lowest BCUT2D eigenvalue weighted by Crippen LogP contribution is -2.25. The molecule has 1 aromatic carbocycles. The molecule has 2 heterocycles. The fraction of sp³-hybridized carbons (Fsp3) is 0.0714. The molecule has 0 radical (unpaired) electrons. The number of pyridine rings is 1. The van der Waals surface area contributed by atoms with E-state index in [9.17, 15) is 9.59 Å². The van der Waals surface area contributed by atoms with E-state index in [4.69, 9.17) is 4.74 Å². The number of carbonyl (C=O) groups excluding carboxylic acids is 2. The van der Waals surface area contributed by atoms with Crippen LogP contribution < -0.4 is 15.4 Å². The zero-order chi connectivity index (χ0) is 13.9. The van der Waals surface area contributed by atoms with Crippen LogP contribution in [0.5, 0.6) is 5.75 Å². The highest BCUT2D eigenvalue weighted by molar-refractivity contribution is 6.06. The summed E-state index contributed by atoms with van der Waals surface area (Å²) in [7, 11) is 0. The molecular weight excluding hydrogens is 258 g/mol. The minimum Gasteiger partial charge on any atom is -0.482 e. The van der Waals surface area contributed by atoms with Crippen molar-refractivity contribution in [2.24, 2.45) is 0 Å². The van der Waals surface area contributed by atoms with Gasteiger partial charge in [-0.2, -0.15) is 0 Å². The van der Waals surface area contributed by atoms with Crippen LogP contribution >= 0.6 is 0 Å². The lowest BCUT2D eigenvalue weighted by atomic mass is 10.1. The Morgan fingerprint density at radius 2 is 2.25 bits per heavy atom. The lowest BCUT2D eigenvalue weighted by Gasteiger charge is -2.18. The Hall–Kier alpha value is -2.89. The van der Waals surface area contributed by atoms with E-state index >= 15 is 0 Å². The number of aromatic nitrogens is 1. The first-order chi connectivity index (χ1) is 9.72. The molecule has 0 saturated carbocycles. The molecule has 2 aromatic rings. The number of nitrogens with zero attached hydrogens (tertiary/aromatic N) is 1. The molecule has 2 N–H and O–H groups in total. The summed E-state index contributed by atoms with van der Waals surface area (Å²) in [5.41, 5.74) is 1.54. The molecule has 0 atom stereocenters. The van der Waals surface area contributed by atoms with Crippen molar-refractivity contribution in [3.05, 3.63) is 48.3 Å². The maximum absolute atomic E-state index is 12.1. The Balaban J connectivity index is 1.82. The summed E-state index contributed by atoms with van der Waals surface area (Å²) >= 11 is 0. The van der Waals surface area contributed by atoms with Gasteiger partial charge < -0.3 is 15.4 Å². The van der Waals surface area contributed by atoms with E-state index in [2.05, 4.69) is 15.6 Å². The topological polar surface area (TPSA) is 80.3 Å². The van der Waals surface area contributed by atoms with Crippen molar-refractivity contribution < 1.29 is 14.3 Å². The summed E-state index contributed by atoms with van der Waals surface area (Å²) in [5, 5.41) is 5.38. The highest BCUT2D eigenvalue weighted by Crippen LogP contribution is 2.28. The van der Waals surface area contributed by atoms with Crippen molar-refractivity contribution in [1.82, 2.24) is 4.98 Å². The molecule has 1 aliphatic heterocycles. The average molecular weight is 269 g/mol. The Kier molecular flexibility index (Phi) is 3.04. The quantitative estimate of drug-likeness (QED) is 0.869. The van der Waals surface area contributed by atoms with Crippen molar-refractivity contribution in [2.45, 2.75) is 0 Å². The molecule has 6 nitrogen and oxygen atoms in total. The Morgan fingerprint density at radius 3 is 3.05 bits per heavy atom. The van der Waals surface area contributed by atoms with E-state index in [0.29, 0.717) is 22.7 Å². The summed E-state index contributed by atoms with van der Waals surface area (Å²) in [4.78, 5) is 27.3. The fourth-order valence-electron chi connectivity index (χ4n) is 1.86. The predicted octanol–water partition coefficient (Wildman–Crippen LogP) is 1.66. The standard InChI is InChI=1S/C14H11N3O3/c18-13-8-20-12-4-3-9(6-11(12)17-13)14(19)16-10-2-1-5-15-7-10/h1-7H,8H2,(H,16,19)(H,17,18). The number of hydrogen-bond acceptors (Lipinski definition) is 4. The van der Waals surface area contributed by atoms with Gasteiger partial charge in [0.15, 0.2) is 6.61 Å². The third kappa shape index (κ3) is 2.44. The van der Waals surface area contributed by atoms with Crippen LogP contribution in [0, 0.1) is 0 Å². The molecular formula is C14H11N3O3. The second-order valence-electron chi connectivity index (χ2n) is 4.24. The van der Waals surface area contributed by atoms with Crippen molar-refractivity contribution in [2.75, 3.05) is 17.2 Å². The summed E-state index contributed by atoms with van der Waals surface area (Å²) < 4.78 is 5.23. The van der Waals surface area contributed by atoms with Crippen LogP contribution in [0.4, 0.5) is 11.4 Å². The minimum absolute atomic E-state index is 0.00573. The number of hydrogen-bond donors (Lipinski definition) is 2. The molecule has 100 valence electrons. The smallest absolute Gasteiger partial charge is 0.262 e. The second kappa shape index (κ2) is 5.00. The third-order valence-electron chi connectivity index (χ3n) is 2.79. The van der Waals surface area contributed by atoms with Gasteiger partial charge in [-0.15, -0.1) is 0 Å². The van der Waals surface area contributed by atoms with Crippen LogP contribution in [0.3, 0.4) is 0 Å². The number of rotatable bonds is 2. The molecule has 20 heavy (non-hydrogen) atoms. The molecule has 2 amide bonds. The van der Waals surface area contributed by atoms with Gasteiger partial charge >= 0.3 is 0 Å². The normalized spacial score (nSPS) is 12.9. The van der Waals surface area contributed by atoms with Crippen LogP contribution in [-0.2, 0) is 4.79 Å². The molecule has 1 aliphatic rings. The Labute approximate surface area is 114 Å². The average Bonchev–Trinajstić information content (AvgIpc) is 2.47. The van der Waals surface area contributed by atoms with E-state index in [-0.39, 0.29) is 18.4 Å². The molecule has 6 heteroatoms. The van der Waals surface area contributed by atoms with Crippen molar-refractivity contribution in [3.63, 3.8) is 0 Å². The largest absolute Gasteiger partial charge is 0.482 e. The van der Waals surface area contributed by atoms with Crippen molar-refractivity contribution in [3.8, 4) is 5.75 Å². The lowest BCUT2D eigenvalue weighted by molar-refractivity contribution is -0.118. The van der Waals surface area contributed by atoms with Crippen molar-refractivity contribution >= 4 is 23.2 Å². The van der Waals surface area contributed by atoms with E-state index in [1.54, 1.807) is 42.7 Å². The van der Waals surface area contributed by atoms with Gasteiger partial charge in [-0.25, -0.2) is 0 Å².